The second-order valence-corrected chi connectivity index (χ2v) is 16.5. The molecule has 0 aromatic carbocycles. The van der Waals surface area contributed by atoms with E-state index in [9.17, 15) is 14.4 Å². The van der Waals surface area contributed by atoms with E-state index < -0.39 is 12.1 Å². The largest absolute Gasteiger partial charge is 0.462 e. The molecule has 68 heavy (non-hydrogen) atoms. The van der Waals surface area contributed by atoms with Gasteiger partial charge in [-0.3, -0.25) is 14.4 Å². The standard InChI is InChI=1S/C62H92O6/c1-4-7-10-13-16-19-22-25-28-31-34-37-40-43-46-49-52-55-61(64)67-58-59(57-66-60(63)54-51-48-45-42-39-36-33-30-27-24-21-18-15-12-9-6-3)68-62(65)56-53-50-47-44-41-38-35-32-29-26-23-20-17-14-11-8-5-2/h7,9-10,12-13,16-22,25-31,34-40,44,47,59H,4-6,8,11,14-15,23-24,32-33,41-43,45-46,48-58H2,1-3H3/b10-7-,12-9-,16-13-,20-17-,21-18-,22-19-,28-25-,29-26-,30-27-,34-31+,38-35-,39-36-,40-37-,47-44-. The molecule has 376 valence electrons. The molecule has 0 heterocycles. The van der Waals surface area contributed by atoms with Gasteiger partial charge >= 0.3 is 17.9 Å². The smallest absolute Gasteiger partial charge is 0.306 e. The number of rotatable bonds is 44. The third-order valence-electron chi connectivity index (χ3n) is 10.1. The molecule has 6 heteroatoms. The van der Waals surface area contributed by atoms with Gasteiger partial charge in [0.05, 0.1) is 0 Å². The molecule has 0 bridgehead atoms. The molecule has 0 rings (SSSR count). The highest BCUT2D eigenvalue weighted by molar-refractivity contribution is 5.71. The number of hydrogen-bond donors (Lipinski definition) is 0. The monoisotopic (exact) mass is 933 g/mol. The van der Waals surface area contributed by atoms with Crippen LogP contribution in [-0.4, -0.2) is 37.2 Å². The number of esters is 3. The molecule has 0 aliphatic heterocycles. The van der Waals surface area contributed by atoms with Crippen molar-refractivity contribution < 1.29 is 28.6 Å². The van der Waals surface area contributed by atoms with E-state index >= 15 is 0 Å². The molecule has 0 saturated heterocycles. The highest BCUT2D eigenvalue weighted by Gasteiger charge is 2.19. The Labute approximate surface area is 415 Å². The van der Waals surface area contributed by atoms with Gasteiger partial charge in [-0.05, 0) is 116 Å². The summed E-state index contributed by atoms with van der Waals surface area (Å²) < 4.78 is 16.7. The summed E-state index contributed by atoms with van der Waals surface area (Å²) in [5.74, 6) is -1.09. The van der Waals surface area contributed by atoms with Crippen molar-refractivity contribution in [3.05, 3.63) is 170 Å². The molecule has 0 radical (unpaired) electrons. The van der Waals surface area contributed by atoms with Gasteiger partial charge in [0.25, 0.3) is 0 Å². The van der Waals surface area contributed by atoms with E-state index in [1.807, 2.05) is 60.8 Å². The fourth-order valence-corrected chi connectivity index (χ4v) is 6.22. The topological polar surface area (TPSA) is 78.9 Å². The predicted molar refractivity (Wildman–Crippen MR) is 292 cm³/mol. The van der Waals surface area contributed by atoms with Crippen molar-refractivity contribution in [2.75, 3.05) is 13.2 Å². The molecule has 0 fully saturated rings. The number of hydrogen-bond acceptors (Lipinski definition) is 6. The second kappa shape index (κ2) is 54.4. The van der Waals surface area contributed by atoms with Crippen molar-refractivity contribution in [1.29, 1.82) is 0 Å². The van der Waals surface area contributed by atoms with Crippen LogP contribution in [-0.2, 0) is 28.6 Å². The summed E-state index contributed by atoms with van der Waals surface area (Å²) in [7, 11) is 0. The predicted octanol–water partition coefficient (Wildman–Crippen LogP) is 17.6. The van der Waals surface area contributed by atoms with Crippen molar-refractivity contribution in [1.82, 2.24) is 0 Å². The van der Waals surface area contributed by atoms with E-state index in [0.29, 0.717) is 19.3 Å². The zero-order chi connectivity index (χ0) is 49.3. The normalized spacial score (nSPS) is 13.5. The summed E-state index contributed by atoms with van der Waals surface area (Å²) >= 11 is 0. The van der Waals surface area contributed by atoms with Gasteiger partial charge in [-0.2, -0.15) is 0 Å². The van der Waals surface area contributed by atoms with Gasteiger partial charge in [-0.25, -0.2) is 0 Å². The molecule has 0 saturated carbocycles. The van der Waals surface area contributed by atoms with Gasteiger partial charge in [0, 0.05) is 19.3 Å². The van der Waals surface area contributed by atoms with E-state index in [-0.39, 0.29) is 38.0 Å². The fourth-order valence-electron chi connectivity index (χ4n) is 6.22. The third-order valence-corrected chi connectivity index (χ3v) is 10.1. The minimum absolute atomic E-state index is 0.140. The molecule has 0 amide bonds. The van der Waals surface area contributed by atoms with Crippen molar-refractivity contribution in [2.45, 2.75) is 187 Å². The lowest BCUT2D eigenvalue weighted by atomic mass is 10.1. The molecular formula is C62H92O6. The third kappa shape index (κ3) is 51.7. The maximum Gasteiger partial charge on any atom is 0.306 e. The van der Waals surface area contributed by atoms with Crippen molar-refractivity contribution in [2.24, 2.45) is 0 Å². The lowest BCUT2D eigenvalue weighted by Crippen LogP contribution is -2.30. The molecule has 1 unspecified atom stereocenters. The van der Waals surface area contributed by atoms with Crippen molar-refractivity contribution in [3.8, 4) is 0 Å². The van der Waals surface area contributed by atoms with Crippen molar-refractivity contribution >= 4 is 17.9 Å². The summed E-state index contributed by atoms with van der Waals surface area (Å²) in [6.07, 6.45) is 80.5. The summed E-state index contributed by atoms with van der Waals surface area (Å²) in [5, 5.41) is 0. The van der Waals surface area contributed by atoms with E-state index in [1.165, 1.54) is 25.7 Å². The molecule has 0 N–H and O–H groups in total. The molecule has 0 aromatic heterocycles. The summed E-state index contributed by atoms with van der Waals surface area (Å²) in [4.78, 5) is 38.0. The Kier molecular flexibility index (Phi) is 50.2. The maximum atomic E-state index is 12.8. The van der Waals surface area contributed by atoms with Gasteiger partial charge in [0.15, 0.2) is 6.10 Å². The van der Waals surface area contributed by atoms with Crippen LogP contribution in [0.2, 0.25) is 0 Å². The minimum Gasteiger partial charge on any atom is -0.462 e. The molecule has 0 aromatic rings. The quantitative estimate of drug-likeness (QED) is 0.0199. The first-order valence-corrected chi connectivity index (χ1v) is 26.2. The molecular weight excluding hydrogens is 841 g/mol. The molecule has 0 aliphatic carbocycles. The van der Waals surface area contributed by atoms with Gasteiger partial charge in [0.2, 0.25) is 0 Å². The zero-order valence-corrected chi connectivity index (χ0v) is 42.8. The van der Waals surface area contributed by atoms with E-state index in [0.717, 1.165) is 103 Å². The first kappa shape index (κ1) is 62.8. The number of carbonyl (C=O) groups is 3. The van der Waals surface area contributed by atoms with Crippen LogP contribution < -0.4 is 0 Å². The molecule has 0 aliphatic rings. The Hall–Kier alpha value is -5.23. The van der Waals surface area contributed by atoms with Crippen LogP contribution in [0.4, 0.5) is 0 Å². The van der Waals surface area contributed by atoms with E-state index in [4.69, 9.17) is 14.2 Å². The average molecular weight is 933 g/mol. The Balaban J connectivity index is 4.67. The van der Waals surface area contributed by atoms with Gasteiger partial charge in [-0.15, -0.1) is 0 Å². The fraction of sp³-hybridized carbons (Fsp3) is 0.500. The summed E-state index contributed by atoms with van der Waals surface area (Å²) in [6, 6.07) is 0. The van der Waals surface area contributed by atoms with Gasteiger partial charge in [0.1, 0.15) is 13.2 Å². The number of ether oxygens (including phenoxy) is 3. The number of carbonyl (C=O) groups excluding carboxylic acids is 3. The second-order valence-electron chi connectivity index (χ2n) is 16.5. The molecule has 6 nitrogen and oxygen atoms in total. The van der Waals surface area contributed by atoms with Crippen LogP contribution in [0.5, 0.6) is 0 Å². The Bertz CT molecular complexity index is 1640. The van der Waals surface area contributed by atoms with Crippen LogP contribution in [0.25, 0.3) is 0 Å². The zero-order valence-electron chi connectivity index (χ0n) is 42.8. The lowest BCUT2D eigenvalue weighted by molar-refractivity contribution is -0.167. The first-order valence-electron chi connectivity index (χ1n) is 26.2. The highest BCUT2D eigenvalue weighted by Crippen LogP contribution is 2.10. The van der Waals surface area contributed by atoms with Gasteiger partial charge in [-0.1, -0.05) is 217 Å². The number of unbranched alkanes of at least 4 members (excludes halogenated alkanes) is 10. The van der Waals surface area contributed by atoms with Crippen molar-refractivity contribution in [3.63, 3.8) is 0 Å². The van der Waals surface area contributed by atoms with Crippen LogP contribution in [0.15, 0.2) is 170 Å². The van der Waals surface area contributed by atoms with Crippen LogP contribution in [0.3, 0.4) is 0 Å². The first-order chi connectivity index (χ1) is 33.5. The van der Waals surface area contributed by atoms with Crippen LogP contribution in [0, 0.1) is 0 Å². The molecule has 1 atom stereocenters. The average Bonchev–Trinajstić information content (AvgIpc) is 3.34. The summed E-state index contributed by atoms with van der Waals surface area (Å²) in [6.45, 7) is 6.20. The Morgan fingerprint density at radius 2 is 0.662 bits per heavy atom. The SMILES string of the molecule is CC\C=C/C=C\C=C/C=C\C=C\C=C/CCCCCC(=O)OCC(COC(=O)CCCCC/C=C\C/C=C\C/C=C\C/C=C\CC)OC(=O)CCC/C=C\C/C=C\C/C=C\C/C=C\CCCCC. The summed E-state index contributed by atoms with van der Waals surface area (Å²) in [5.41, 5.74) is 0. The highest BCUT2D eigenvalue weighted by atomic mass is 16.6. The minimum atomic E-state index is -0.848. The van der Waals surface area contributed by atoms with Crippen LogP contribution in [0.1, 0.15) is 181 Å². The van der Waals surface area contributed by atoms with E-state index in [1.54, 1.807) is 0 Å². The Morgan fingerprint density at radius 1 is 0.324 bits per heavy atom. The van der Waals surface area contributed by atoms with Crippen LogP contribution >= 0.6 is 0 Å². The maximum absolute atomic E-state index is 12.8. The number of allylic oxidation sites excluding steroid dienone is 28. The lowest BCUT2D eigenvalue weighted by Gasteiger charge is -2.18. The molecule has 0 spiro atoms. The van der Waals surface area contributed by atoms with E-state index in [2.05, 4.69) is 130 Å². The Morgan fingerprint density at radius 3 is 1.09 bits per heavy atom. The van der Waals surface area contributed by atoms with Gasteiger partial charge < -0.3 is 14.2 Å².